The molecule has 0 atom stereocenters. The van der Waals surface area contributed by atoms with Gasteiger partial charge in [-0.3, -0.25) is 9.59 Å². The molecule has 2 N–H and O–H groups in total. The molecular weight excluding hydrogens is 210 g/mol. The lowest BCUT2D eigenvalue weighted by atomic mass is 9.67. The van der Waals surface area contributed by atoms with E-state index in [9.17, 15) is 9.59 Å². The smallest absolute Gasteiger partial charge is 0.319 e. The van der Waals surface area contributed by atoms with Crippen LogP contribution in [0.5, 0.6) is 0 Å². The van der Waals surface area contributed by atoms with Gasteiger partial charge in [0.05, 0.1) is 6.61 Å². The van der Waals surface area contributed by atoms with Gasteiger partial charge in [0.25, 0.3) is 0 Å². The predicted octanol–water partition coefficient (Wildman–Crippen LogP) is 0.248. The highest BCUT2D eigenvalue weighted by molar-refractivity contribution is 6.02. The maximum absolute atomic E-state index is 12.1. The number of amides is 1. The molecule has 0 aromatic carbocycles. The molecule has 0 aromatic rings. The van der Waals surface area contributed by atoms with Crippen LogP contribution in [0.2, 0.25) is 0 Å². The molecule has 0 aromatic heterocycles. The van der Waals surface area contributed by atoms with Crippen molar-refractivity contribution in [2.75, 3.05) is 19.7 Å². The van der Waals surface area contributed by atoms with Gasteiger partial charge >= 0.3 is 5.97 Å². The first-order valence-corrected chi connectivity index (χ1v) is 5.33. The largest absolute Gasteiger partial charge is 0.480 e. The van der Waals surface area contributed by atoms with Gasteiger partial charge in [-0.2, -0.15) is 0 Å². The van der Waals surface area contributed by atoms with E-state index in [0.717, 1.165) is 6.42 Å². The number of carbonyl (C=O) groups excluding carboxylic acids is 1. The Hall–Kier alpha value is -1.36. The van der Waals surface area contributed by atoms with E-state index in [0.29, 0.717) is 12.8 Å². The summed E-state index contributed by atoms with van der Waals surface area (Å²) in [5, 5.41) is 17.9. The molecule has 1 rings (SSSR count). The predicted molar refractivity (Wildman–Crippen MR) is 57.8 cm³/mol. The van der Waals surface area contributed by atoms with Gasteiger partial charge in [-0.1, -0.05) is 12.5 Å². The second-order valence-electron chi connectivity index (χ2n) is 4.00. The number of carboxylic acid groups (broad SMARTS) is 1. The van der Waals surface area contributed by atoms with Gasteiger partial charge in [-0.15, -0.1) is 6.58 Å². The molecule has 0 heterocycles. The Morgan fingerprint density at radius 3 is 2.38 bits per heavy atom. The second kappa shape index (κ2) is 5.12. The Labute approximate surface area is 94.4 Å². The van der Waals surface area contributed by atoms with Crippen molar-refractivity contribution in [3.8, 4) is 0 Å². The van der Waals surface area contributed by atoms with Gasteiger partial charge in [0, 0.05) is 13.1 Å². The highest BCUT2D eigenvalue weighted by Gasteiger charge is 2.52. The molecule has 1 aliphatic rings. The number of nitrogens with zero attached hydrogens (tertiary/aromatic N) is 1. The number of hydrogen-bond donors (Lipinski definition) is 2. The molecule has 90 valence electrons. The van der Waals surface area contributed by atoms with E-state index in [4.69, 9.17) is 10.2 Å². The first kappa shape index (κ1) is 12.7. The van der Waals surface area contributed by atoms with Crippen molar-refractivity contribution < 1.29 is 19.8 Å². The summed E-state index contributed by atoms with van der Waals surface area (Å²) >= 11 is 0. The Bertz CT molecular complexity index is 296. The van der Waals surface area contributed by atoms with Crippen LogP contribution in [0.3, 0.4) is 0 Å². The summed E-state index contributed by atoms with van der Waals surface area (Å²) in [6.07, 6.45) is 3.07. The standard InChI is InChI=1S/C11H17NO4/c1-2-6-12(7-8-13)9(14)11(10(15)16)4-3-5-11/h2,13H,1,3-8H2,(H,15,16). The van der Waals surface area contributed by atoms with Crippen LogP contribution in [0.15, 0.2) is 12.7 Å². The van der Waals surface area contributed by atoms with Gasteiger partial charge in [-0.05, 0) is 12.8 Å². The molecule has 5 heteroatoms. The third-order valence-corrected chi connectivity index (χ3v) is 3.03. The Morgan fingerprint density at radius 2 is 2.06 bits per heavy atom. The number of aliphatic hydroxyl groups excluding tert-OH is 1. The van der Waals surface area contributed by atoms with Crippen molar-refractivity contribution in [3.05, 3.63) is 12.7 Å². The van der Waals surface area contributed by atoms with E-state index >= 15 is 0 Å². The molecule has 0 aliphatic heterocycles. The van der Waals surface area contributed by atoms with Crippen molar-refractivity contribution >= 4 is 11.9 Å². The van der Waals surface area contributed by atoms with Crippen molar-refractivity contribution in [1.82, 2.24) is 4.90 Å². The maximum Gasteiger partial charge on any atom is 0.319 e. The number of rotatable bonds is 6. The fraction of sp³-hybridized carbons (Fsp3) is 0.636. The quantitative estimate of drug-likeness (QED) is 0.503. The summed E-state index contributed by atoms with van der Waals surface area (Å²) in [7, 11) is 0. The molecule has 0 unspecified atom stereocenters. The topological polar surface area (TPSA) is 77.8 Å². The number of carbonyl (C=O) groups is 2. The first-order chi connectivity index (χ1) is 7.58. The number of carboxylic acids is 1. The SMILES string of the molecule is C=CCN(CCO)C(=O)C1(C(=O)O)CCC1. The summed E-state index contributed by atoms with van der Waals surface area (Å²) in [4.78, 5) is 24.5. The molecule has 16 heavy (non-hydrogen) atoms. The average Bonchev–Trinajstić information content (AvgIpc) is 2.14. The summed E-state index contributed by atoms with van der Waals surface area (Å²) in [5.74, 6) is -1.46. The van der Waals surface area contributed by atoms with Crippen LogP contribution >= 0.6 is 0 Å². The van der Waals surface area contributed by atoms with Gasteiger partial charge in [0.2, 0.25) is 5.91 Å². The molecule has 0 saturated heterocycles. The molecule has 0 radical (unpaired) electrons. The van der Waals surface area contributed by atoms with Crippen LogP contribution in [0.1, 0.15) is 19.3 Å². The minimum Gasteiger partial charge on any atom is -0.480 e. The molecule has 1 saturated carbocycles. The molecule has 0 spiro atoms. The number of hydrogen-bond acceptors (Lipinski definition) is 3. The van der Waals surface area contributed by atoms with E-state index in [1.807, 2.05) is 0 Å². The third-order valence-electron chi connectivity index (χ3n) is 3.03. The normalized spacial score (nSPS) is 17.3. The van der Waals surface area contributed by atoms with E-state index in [1.165, 1.54) is 11.0 Å². The first-order valence-electron chi connectivity index (χ1n) is 5.33. The Morgan fingerprint density at radius 1 is 1.44 bits per heavy atom. The molecule has 5 nitrogen and oxygen atoms in total. The zero-order valence-corrected chi connectivity index (χ0v) is 9.19. The Balaban J connectivity index is 2.79. The van der Waals surface area contributed by atoms with Crippen molar-refractivity contribution in [1.29, 1.82) is 0 Å². The van der Waals surface area contributed by atoms with Crippen molar-refractivity contribution in [2.45, 2.75) is 19.3 Å². The van der Waals surface area contributed by atoms with Crippen molar-refractivity contribution in [3.63, 3.8) is 0 Å². The van der Waals surface area contributed by atoms with Crippen LogP contribution in [0.4, 0.5) is 0 Å². The second-order valence-corrected chi connectivity index (χ2v) is 4.00. The van der Waals surface area contributed by atoms with Gasteiger partial charge in [-0.25, -0.2) is 0 Å². The zero-order valence-electron chi connectivity index (χ0n) is 9.19. The molecule has 1 amide bonds. The summed E-state index contributed by atoms with van der Waals surface area (Å²) in [5.41, 5.74) is -1.25. The third kappa shape index (κ3) is 2.09. The minimum absolute atomic E-state index is 0.153. The van der Waals surface area contributed by atoms with Gasteiger partial charge in [0.1, 0.15) is 5.41 Å². The van der Waals surface area contributed by atoms with E-state index in [2.05, 4.69) is 6.58 Å². The number of aliphatic carboxylic acids is 1. The maximum atomic E-state index is 12.1. The van der Waals surface area contributed by atoms with Gasteiger partial charge in [0.15, 0.2) is 0 Å². The lowest BCUT2D eigenvalue weighted by Crippen LogP contribution is -2.53. The highest BCUT2D eigenvalue weighted by atomic mass is 16.4. The fourth-order valence-corrected chi connectivity index (χ4v) is 1.90. The van der Waals surface area contributed by atoms with Gasteiger partial charge < -0.3 is 15.1 Å². The lowest BCUT2D eigenvalue weighted by molar-refractivity contribution is -0.167. The van der Waals surface area contributed by atoms with E-state index < -0.39 is 17.3 Å². The molecule has 1 aliphatic carbocycles. The lowest BCUT2D eigenvalue weighted by Gasteiger charge is -2.39. The zero-order chi connectivity index (χ0) is 12.2. The number of aliphatic hydroxyl groups is 1. The Kier molecular flexibility index (Phi) is 4.06. The van der Waals surface area contributed by atoms with Crippen LogP contribution in [-0.4, -0.2) is 46.7 Å². The van der Waals surface area contributed by atoms with Crippen LogP contribution in [0, 0.1) is 5.41 Å². The van der Waals surface area contributed by atoms with E-state index in [-0.39, 0.29) is 19.7 Å². The van der Waals surface area contributed by atoms with Crippen LogP contribution in [-0.2, 0) is 9.59 Å². The summed E-state index contributed by atoms with van der Waals surface area (Å²) < 4.78 is 0. The molecule has 1 fully saturated rings. The van der Waals surface area contributed by atoms with E-state index in [1.54, 1.807) is 0 Å². The summed E-state index contributed by atoms with van der Waals surface area (Å²) in [6.45, 7) is 3.77. The van der Waals surface area contributed by atoms with Crippen LogP contribution < -0.4 is 0 Å². The van der Waals surface area contributed by atoms with Crippen LogP contribution in [0.25, 0.3) is 0 Å². The summed E-state index contributed by atoms with van der Waals surface area (Å²) in [6, 6.07) is 0. The molecular formula is C11H17NO4. The van der Waals surface area contributed by atoms with Crippen molar-refractivity contribution in [2.24, 2.45) is 5.41 Å². The minimum atomic E-state index is -1.25. The monoisotopic (exact) mass is 227 g/mol. The fourth-order valence-electron chi connectivity index (χ4n) is 1.90. The highest BCUT2D eigenvalue weighted by Crippen LogP contribution is 2.42. The average molecular weight is 227 g/mol. The molecule has 0 bridgehead atoms.